The van der Waals surface area contributed by atoms with E-state index in [-0.39, 0.29) is 0 Å². The summed E-state index contributed by atoms with van der Waals surface area (Å²) in [6.45, 7) is -0.891. The summed E-state index contributed by atoms with van der Waals surface area (Å²) in [6.07, 6.45) is 0.764. The van der Waals surface area contributed by atoms with Gasteiger partial charge in [-0.25, -0.2) is 0 Å². The topological polar surface area (TPSA) is 52.0 Å². The molecule has 0 atom stereocenters. The first-order valence-electron chi connectivity index (χ1n) is 5.81. The summed E-state index contributed by atoms with van der Waals surface area (Å²) < 4.78 is 0. The average molecular weight is 246 g/mol. The zero-order chi connectivity index (χ0) is 12.4. The fraction of sp³-hybridized carbons (Fsp3) is 0.143. The summed E-state index contributed by atoms with van der Waals surface area (Å²) in [5.41, 5.74) is 13.4. The summed E-state index contributed by atoms with van der Waals surface area (Å²) >= 11 is 0. The molecule has 0 unspecified atom stereocenters. The van der Waals surface area contributed by atoms with Crippen molar-refractivity contribution < 1.29 is 0 Å². The molecule has 3 heteroatoms. The number of hydrogen-bond acceptors (Lipinski definition) is 2. The number of rotatable bonds is 3. The molecule has 0 bridgehead atoms. The number of hydrogen-bond donors (Lipinski definition) is 2. The van der Waals surface area contributed by atoms with E-state index in [9.17, 15) is 0 Å². The SMILES string of the molecule is CCP(N)(N)(c1ccccc1)c1ccccc1. The second-order valence-corrected chi connectivity index (χ2v) is 9.03. The van der Waals surface area contributed by atoms with Gasteiger partial charge in [-0.05, 0) is 0 Å². The molecule has 0 radical (unpaired) electrons. The maximum atomic E-state index is 6.69. The van der Waals surface area contributed by atoms with Crippen molar-refractivity contribution >= 4 is 17.5 Å². The monoisotopic (exact) mass is 246 g/mol. The van der Waals surface area contributed by atoms with Gasteiger partial charge < -0.3 is 0 Å². The van der Waals surface area contributed by atoms with Gasteiger partial charge in [-0.2, -0.15) is 0 Å². The van der Waals surface area contributed by atoms with Gasteiger partial charge in [-0.15, -0.1) is 0 Å². The Morgan fingerprint density at radius 2 is 1.12 bits per heavy atom. The first kappa shape index (κ1) is 12.3. The van der Waals surface area contributed by atoms with Gasteiger partial charge in [0.1, 0.15) is 0 Å². The van der Waals surface area contributed by atoms with Crippen molar-refractivity contribution in [3.63, 3.8) is 0 Å². The second kappa shape index (κ2) is 4.23. The van der Waals surface area contributed by atoms with Crippen molar-refractivity contribution in [3.8, 4) is 0 Å². The van der Waals surface area contributed by atoms with E-state index < -0.39 is 6.90 Å². The van der Waals surface area contributed by atoms with Crippen LogP contribution in [0.5, 0.6) is 0 Å². The van der Waals surface area contributed by atoms with Gasteiger partial charge in [-0.1, -0.05) is 0 Å². The van der Waals surface area contributed by atoms with Gasteiger partial charge in [0.05, 0.1) is 0 Å². The van der Waals surface area contributed by atoms with Crippen LogP contribution in [0.4, 0.5) is 0 Å². The molecule has 2 nitrogen and oxygen atoms in total. The molecule has 0 aliphatic rings. The van der Waals surface area contributed by atoms with E-state index in [0.29, 0.717) is 0 Å². The number of benzene rings is 2. The molecule has 0 aliphatic carbocycles. The molecular formula is C14H19N2P. The van der Waals surface area contributed by atoms with Crippen molar-refractivity contribution in [1.29, 1.82) is 0 Å². The van der Waals surface area contributed by atoms with E-state index in [1.165, 1.54) is 0 Å². The van der Waals surface area contributed by atoms with Gasteiger partial charge in [0.25, 0.3) is 0 Å². The molecule has 2 aromatic rings. The summed E-state index contributed by atoms with van der Waals surface area (Å²) in [7, 11) is 0. The number of nitrogens with two attached hydrogens (primary N) is 2. The summed E-state index contributed by atoms with van der Waals surface area (Å²) in [4.78, 5) is 0. The molecule has 0 saturated carbocycles. The minimum atomic E-state index is -2.96. The van der Waals surface area contributed by atoms with E-state index in [4.69, 9.17) is 11.0 Å². The third-order valence-electron chi connectivity index (χ3n) is 3.41. The van der Waals surface area contributed by atoms with Crippen molar-refractivity contribution in [2.45, 2.75) is 6.92 Å². The van der Waals surface area contributed by atoms with Crippen LogP contribution in [-0.4, -0.2) is 6.16 Å². The van der Waals surface area contributed by atoms with Crippen LogP contribution in [0.2, 0.25) is 0 Å². The molecule has 90 valence electrons. The molecule has 0 amide bonds. The van der Waals surface area contributed by atoms with Crippen LogP contribution >= 0.6 is 6.90 Å². The van der Waals surface area contributed by atoms with Crippen LogP contribution in [0.3, 0.4) is 0 Å². The molecule has 0 fully saturated rings. The van der Waals surface area contributed by atoms with E-state index >= 15 is 0 Å². The Labute approximate surface area is 103 Å². The molecule has 0 spiro atoms. The fourth-order valence-corrected chi connectivity index (χ4v) is 4.86. The molecule has 17 heavy (non-hydrogen) atoms. The molecule has 4 N–H and O–H groups in total. The van der Waals surface area contributed by atoms with Crippen LogP contribution < -0.4 is 21.6 Å². The van der Waals surface area contributed by atoms with E-state index in [2.05, 4.69) is 6.92 Å². The van der Waals surface area contributed by atoms with E-state index in [1.807, 2.05) is 60.7 Å². The predicted octanol–water partition coefficient (Wildman–Crippen LogP) is 1.96. The average Bonchev–Trinajstić information content (AvgIpc) is 2.41. The minimum absolute atomic E-state index is 0.764. The van der Waals surface area contributed by atoms with Crippen LogP contribution in [-0.2, 0) is 0 Å². The van der Waals surface area contributed by atoms with Gasteiger partial charge in [0.2, 0.25) is 0 Å². The van der Waals surface area contributed by atoms with E-state index in [1.54, 1.807) is 0 Å². The third-order valence-corrected chi connectivity index (χ3v) is 7.81. The first-order chi connectivity index (χ1) is 8.07. The van der Waals surface area contributed by atoms with Crippen LogP contribution in [0, 0.1) is 0 Å². The van der Waals surface area contributed by atoms with Gasteiger partial charge in [0.15, 0.2) is 0 Å². The molecule has 0 aliphatic heterocycles. The van der Waals surface area contributed by atoms with Crippen molar-refractivity contribution in [3.05, 3.63) is 60.7 Å². The van der Waals surface area contributed by atoms with Gasteiger partial charge in [-0.3, -0.25) is 0 Å². The van der Waals surface area contributed by atoms with E-state index in [0.717, 1.165) is 16.8 Å². The Hall–Kier alpha value is -1.21. The Morgan fingerprint density at radius 1 is 0.765 bits per heavy atom. The second-order valence-electron chi connectivity index (χ2n) is 4.45. The van der Waals surface area contributed by atoms with Crippen LogP contribution in [0.25, 0.3) is 0 Å². The molecule has 0 saturated heterocycles. The van der Waals surface area contributed by atoms with Crippen molar-refractivity contribution in [1.82, 2.24) is 0 Å². The first-order valence-corrected chi connectivity index (χ1v) is 8.37. The fourth-order valence-electron chi connectivity index (χ4n) is 2.07. The zero-order valence-corrected chi connectivity index (χ0v) is 11.0. The van der Waals surface area contributed by atoms with Gasteiger partial charge in [0, 0.05) is 0 Å². The Morgan fingerprint density at radius 3 is 1.41 bits per heavy atom. The molecule has 2 aromatic carbocycles. The Kier molecular flexibility index (Phi) is 3.05. The van der Waals surface area contributed by atoms with Crippen molar-refractivity contribution in [2.75, 3.05) is 6.16 Å². The Balaban J connectivity index is 2.65. The standard InChI is InChI=1S/C14H19N2P/c1-2-17(15,16,13-9-5-3-6-10-13)14-11-7-4-8-12-14/h3-12H,2,15-16H2,1H3. The molecular weight excluding hydrogens is 227 g/mol. The predicted molar refractivity (Wildman–Crippen MR) is 78.0 cm³/mol. The van der Waals surface area contributed by atoms with Crippen molar-refractivity contribution in [2.24, 2.45) is 11.0 Å². The summed E-state index contributed by atoms with van der Waals surface area (Å²) in [5, 5.41) is 2.12. The Bertz CT molecular complexity index is 451. The van der Waals surface area contributed by atoms with Crippen LogP contribution in [0.1, 0.15) is 6.92 Å². The molecule has 0 heterocycles. The normalized spacial score (nSPS) is 13.9. The maximum absolute atomic E-state index is 6.69. The van der Waals surface area contributed by atoms with Crippen LogP contribution in [0.15, 0.2) is 60.7 Å². The molecule has 0 aromatic heterocycles. The summed E-state index contributed by atoms with van der Waals surface area (Å²) in [5.74, 6) is 0. The molecule has 2 rings (SSSR count). The third kappa shape index (κ3) is 2.00. The zero-order valence-electron chi connectivity index (χ0n) is 10.1. The summed E-state index contributed by atoms with van der Waals surface area (Å²) in [6, 6.07) is 20.1. The van der Waals surface area contributed by atoms with Gasteiger partial charge >= 0.3 is 102 Å². The quantitative estimate of drug-likeness (QED) is 0.813.